The number of aryl methyl sites for hydroxylation is 1. The summed E-state index contributed by atoms with van der Waals surface area (Å²) < 4.78 is 48.2. The molecule has 0 aliphatic carbocycles. The number of amides is 2. The smallest absolute Gasteiger partial charge is 0.351 e. The predicted octanol–water partition coefficient (Wildman–Crippen LogP) is 8.79. The lowest BCUT2D eigenvalue weighted by atomic mass is 10.1. The summed E-state index contributed by atoms with van der Waals surface area (Å²) in [5, 5.41) is 5.22. The van der Waals surface area contributed by atoms with Crippen molar-refractivity contribution in [2.75, 3.05) is 56.9 Å². The zero-order chi connectivity index (χ0) is 53.8. The van der Waals surface area contributed by atoms with Crippen molar-refractivity contribution in [1.29, 1.82) is 0 Å². The van der Waals surface area contributed by atoms with E-state index < -0.39 is 73.0 Å². The van der Waals surface area contributed by atoms with Gasteiger partial charge in [-0.2, -0.15) is 4.98 Å². The van der Waals surface area contributed by atoms with Crippen LogP contribution in [0, 0.1) is 20.1 Å². The second-order valence-corrected chi connectivity index (χ2v) is 29.7. The van der Waals surface area contributed by atoms with Crippen LogP contribution in [0.4, 0.5) is 11.6 Å². The SMILES string of the molecule is [C-]#[N+]CCOP(O[C@H]1[C@@H](OC)[C@H](n2cc(C)c(NC(=O)c3ccccc3)nc2=O)O[C@@H]1CSP(=S)(OCC[N+]#[C-])S[C@H]1[C@@H](OC)[C@H](n2cnc3c(NC(=O)c4ccccc4)ncnc32)O[C@@H]1CC)N(C(C)C)C(C)C. The van der Waals surface area contributed by atoms with Gasteiger partial charge in [-0.1, -0.05) is 66.1 Å². The van der Waals surface area contributed by atoms with E-state index in [1.807, 2.05) is 40.7 Å². The molecular weight excluding hydrogens is 1060 g/mol. The van der Waals surface area contributed by atoms with Gasteiger partial charge >= 0.3 is 5.69 Å². The summed E-state index contributed by atoms with van der Waals surface area (Å²) in [5.41, 5.74) is 1.42. The number of methoxy groups -OCH3 is 2. The Morgan fingerprint density at radius 3 is 2.05 bits per heavy atom. The minimum atomic E-state index is -3.07. The zero-order valence-corrected chi connectivity index (χ0v) is 47.0. The Balaban J connectivity index is 1.19. The maximum absolute atomic E-state index is 14.1. The van der Waals surface area contributed by atoms with Crippen LogP contribution < -0.4 is 16.3 Å². The van der Waals surface area contributed by atoms with E-state index >= 15 is 0 Å². The lowest BCUT2D eigenvalue weighted by Gasteiger charge is -2.38. The van der Waals surface area contributed by atoms with Crippen molar-refractivity contribution in [3.8, 4) is 0 Å². The number of rotatable bonds is 25. The van der Waals surface area contributed by atoms with E-state index in [0.29, 0.717) is 34.3 Å². The number of anilines is 2. The van der Waals surface area contributed by atoms with E-state index in [9.17, 15) is 14.4 Å². The van der Waals surface area contributed by atoms with Gasteiger partial charge in [-0.15, -0.1) is 0 Å². The number of nitrogens with one attached hydrogen (secondary N) is 2. The van der Waals surface area contributed by atoms with Gasteiger partial charge in [-0.3, -0.25) is 18.7 Å². The van der Waals surface area contributed by atoms with Crippen molar-refractivity contribution in [1.82, 2.24) is 33.7 Å². The molecule has 7 rings (SSSR count). The number of hydrogen-bond acceptors (Lipinski definition) is 18. The van der Waals surface area contributed by atoms with E-state index in [1.165, 1.54) is 40.8 Å². The molecule has 2 saturated heterocycles. The lowest BCUT2D eigenvalue weighted by molar-refractivity contribution is -0.0504. The van der Waals surface area contributed by atoms with Crippen LogP contribution in [0.3, 0.4) is 0 Å². The molecular formula is C49H61N11O10P2S3. The first-order valence-corrected chi connectivity index (χ1v) is 31.1. The molecule has 400 valence electrons. The number of ether oxygens (including phenoxy) is 4. The Morgan fingerprint density at radius 2 is 1.45 bits per heavy atom. The van der Waals surface area contributed by atoms with Crippen LogP contribution in [0.25, 0.3) is 20.9 Å². The predicted molar refractivity (Wildman–Crippen MR) is 294 cm³/mol. The van der Waals surface area contributed by atoms with Crippen molar-refractivity contribution in [3.63, 3.8) is 0 Å². The molecule has 0 saturated carbocycles. The molecule has 3 aromatic heterocycles. The number of imidazole rings is 1. The fourth-order valence-corrected chi connectivity index (χ4v) is 19.9. The molecule has 5 heterocycles. The highest BCUT2D eigenvalue weighted by molar-refractivity contribution is 8.99. The number of aromatic nitrogens is 6. The first-order chi connectivity index (χ1) is 36.1. The number of nitrogens with zero attached hydrogens (tertiary/aromatic N) is 9. The van der Waals surface area contributed by atoms with Gasteiger partial charge in [0.15, 0.2) is 34.1 Å². The molecule has 5 aromatic rings. The summed E-state index contributed by atoms with van der Waals surface area (Å²) in [6.07, 6.45) is -0.316. The summed E-state index contributed by atoms with van der Waals surface area (Å²) >= 11 is 9.34. The van der Waals surface area contributed by atoms with Crippen LogP contribution in [0.1, 0.15) is 79.8 Å². The number of hydrogen-bond donors (Lipinski definition) is 2. The van der Waals surface area contributed by atoms with Gasteiger partial charge < -0.3 is 52.8 Å². The highest BCUT2D eigenvalue weighted by atomic mass is 33.2. The van der Waals surface area contributed by atoms with Crippen LogP contribution >= 0.6 is 36.0 Å². The molecule has 0 spiro atoms. The largest absolute Gasteiger partial charge is 0.375 e. The molecule has 2 N–H and O–H groups in total. The second-order valence-electron chi connectivity index (χ2n) is 17.7. The topological polar surface area (TPSA) is 213 Å². The summed E-state index contributed by atoms with van der Waals surface area (Å²) in [6, 6.07) is 17.3. The standard InChI is InChI=1S/C49H61N11O10P2S3/c1-11-35-41(40(65-10)48(68-35)59-29-54-37-43(52-28-53-44(37)59)56-46(62)34-20-16-13-17-21-34)75-72(73,67-25-23-51-8)74-27-36-38(70-71(66-24-22-50-7)60(30(2)3)31(4)5)39(64-9)47(69-36)58-26-32(6)42(57-49(58)63)55-45(61)33-18-14-12-15-19-33/h12-21,26,28-31,35-36,38-41,47-48H,11,22-25,27H2,1-6,9-10H3,(H,52,53,56,62)(H,55,57,61,63)/t35-,36-,38-,39-,40-,41-,47-,48-,71?,72?/m1/s1. The summed E-state index contributed by atoms with van der Waals surface area (Å²) in [5.74, 6) is -0.273. The van der Waals surface area contributed by atoms with E-state index in [1.54, 1.807) is 85.7 Å². The molecule has 21 nitrogen and oxygen atoms in total. The highest BCUT2D eigenvalue weighted by Crippen LogP contribution is 2.73. The first kappa shape index (κ1) is 57.9. The van der Waals surface area contributed by atoms with Crippen molar-refractivity contribution in [2.24, 2.45) is 0 Å². The van der Waals surface area contributed by atoms with Gasteiger partial charge in [-0.05, 0) is 77.1 Å². The van der Waals surface area contributed by atoms with Gasteiger partial charge in [0.1, 0.15) is 43.7 Å². The zero-order valence-electron chi connectivity index (χ0n) is 42.7. The van der Waals surface area contributed by atoms with Crippen molar-refractivity contribution < 1.29 is 42.1 Å². The molecule has 2 fully saturated rings. The molecule has 2 amide bonds. The quantitative estimate of drug-likeness (QED) is 0.0317. The van der Waals surface area contributed by atoms with Gasteiger partial charge in [0, 0.05) is 54.9 Å². The summed E-state index contributed by atoms with van der Waals surface area (Å²) in [7, 11) is 1.26. The second kappa shape index (κ2) is 27.0. The monoisotopic (exact) mass is 1120 g/mol. The van der Waals surface area contributed by atoms with Gasteiger partial charge in [0.25, 0.3) is 20.3 Å². The third-order valence-corrected chi connectivity index (χ3v) is 23.8. The third kappa shape index (κ3) is 13.9. The Kier molecular flexibility index (Phi) is 20.9. The minimum absolute atomic E-state index is 0.0319. The number of carbonyl (C=O) groups excluding carboxylic acids is 2. The molecule has 75 heavy (non-hydrogen) atoms. The summed E-state index contributed by atoms with van der Waals surface area (Å²) in [4.78, 5) is 65.2. The number of fused-ring (bicyclic) bond motifs is 1. The highest BCUT2D eigenvalue weighted by Gasteiger charge is 2.52. The molecule has 2 unspecified atom stereocenters. The van der Waals surface area contributed by atoms with E-state index in [0.717, 1.165) is 0 Å². The molecule has 26 heteroatoms. The van der Waals surface area contributed by atoms with Crippen LogP contribution in [-0.2, 0) is 44.3 Å². The van der Waals surface area contributed by atoms with E-state index in [-0.39, 0.29) is 61.7 Å². The normalized spacial score (nSPS) is 22.8. The van der Waals surface area contributed by atoms with Gasteiger partial charge in [0.05, 0.1) is 23.8 Å². The van der Waals surface area contributed by atoms with Crippen molar-refractivity contribution in [2.45, 2.75) is 108 Å². The molecule has 2 aliphatic rings. The maximum Gasteiger partial charge on any atom is 0.351 e. The fourth-order valence-electron chi connectivity index (χ4n) is 8.63. The average molecular weight is 1120 g/mol. The summed E-state index contributed by atoms with van der Waals surface area (Å²) in [6.45, 7) is 27.3. The van der Waals surface area contributed by atoms with E-state index in [2.05, 4.69) is 44.9 Å². The molecule has 0 bridgehead atoms. The number of benzene rings is 2. The van der Waals surface area contributed by atoms with Gasteiger partial charge in [0.2, 0.25) is 13.1 Å². The Morgan fingerprint density at radius 1 is 0.853 bits per heavy atom. The fraction of sp³-hybridized carbons (Fsp3) is 0.490. The molecule has 0 radical (unpaired) electrons. The van der Waals surface area contributed by atoms with Crippen LogP contribution in [0.2, 0.25) is 0 Å². The first-order valence-electron chi connectivity index (χ1n) is 24.1. The maximum atomic E-state index is 14.1. The average Bonchev–Trinajstić information content (AvgIpc) is 4.10. The Bertz CT molecular complexity index is 2920. The van der Waals surface area contributed by atoms with Crippen LogP contribution in [0.5, 0.6) is 0 Å². The Labute approximate surface area is 450 Å². The molecule has 10 atom stereocenters. The third-order valence-electron chi connectivity index (χ3n) is 12.1. The lowest BCUT2D eigenvalue weighted by Crippen LogP contribution is -2.41. The van der Waals surface area contributed by atoms with Crippen LogP contribution in [-0.4, -0.2) is 140 Å². The number of carbonyl (C=O) groups is 2. The van der Waals surface area contributed by atoms with Crippen molar-refractivity contribution >= 4 is 82.4 Å². The van der Waals surface area contributed by atoms with Crippen LogP contribution in [0.15, 0.2) is 84.3 Å². The minimum Gasteiger partial charge on any atom is -0.375 e. The van der Waals surface area contributed by atoms with E-state index in [4.69, 9.17) is 57.5 Å². The van der Waals surface area contributed by atoms with Gasteiger partial charge in [-0.25, -0.2) is 37.6 Å². The van der Waals surface area contributed by atoms with Crippen molar-refractivity contribution in [3.05, 3.63) is 130 Å². The Hall–Kier alpha value is -4.75. The molecule has 2 aromatic carbocycles. The molecule has 2 aliphatic heterocycles.